The van der Waals surface area contributed by atoms with E-state index in [1.54, 1.807) is 0 Å². The number of aliphatic hydroxyl groups is 5. The van der Waals surface area contributed by atoms with Crippen molar-refractivity contribution in [2.24, 2.45) is 0 Å². The lowest BCUT2D eigenvalue weighted by atomic mass is 9.85. The average Bonchev–Trinajstić information content (AvgIpc) is 0.702. The molecule has 14 heteroatoms. The minimum absolute atomic E-state index is 0.141. The van der Waals surface area contributed by atoms with Gasteiger partial charge in [-0.25, -0.2) is 4.57 Å². The number of aliphatic hydroxyl groups excluding tert-OH is 5. The van der Waals surface area contributed by atoms with Crippen molar-refractivity contribution in [2.75, 3.05) is 13.2 Å². The zero-order valence-electron chi connectivity index (χ0n) is 63.0. The number of rotatable bonds is 37. The monoisotopic (exact) mass is 868 g/mol. The molecule has 13 nitrogen and oxygen atoms in total. The molecule has 57 heavy (non-hydrogen) atoms. The van der Waals surface area contributed by atoms with E-state index in [1.807, 2.05) is 0 Å². The number of carbonyl (C=O) groups excluding carboxylic acids is 2. The van der Waals surface area contributed by atoms with Gasteiger partial charge in [0.1, 0.15) is 43.2 Å². The Balaban J connectivity index is 3.62. The van der Waals surface area contributed by atoms with Gasteiger partial charge in [0.2, 0.25) is 0 Å². The molecule has 1 rings (SSSR count). The lowest BCUT2D eigenvalue weighted by molar-refractivity contribution is -0.220. The third-order valence-corrected chi connectivity index (χ3v) is 8.99. The van der Waals surface area contributed by atoms with Gasteiger partial charge < -0.3 is 39.9 Å². The molecule has 0 spiro atoms. The zero-order valence-corrected chi connectivity index (χ0v) is 32.9. The highest BCUT2D eigenvalue weighted by Gasteiger charge is 2.51. The van der Waals surface area contributed by atoms with Crippen LogP contribution in [0.25, 0.3) is 0 Å². The molecule has 0 radical (unpaired) electrons. The first kappa shape index (κ1) is 22.1. The summed E-state index contributed by atoms with van der Waals surface area (Å²) in [5, 5.41) is 50.5. The normalized spacial score (nSPS) is 34.5. The topological polar surface area (TPSA) is 210 Å². The Morgan fingerprint density at radius 3 is 1.67 bits per heavy atom. The van der Waals surface area contributed by atoms with Crippen LogP contribution in [0.15, 0.2) is 12.2 Å². The Morgan fingerprint density at radius 2 is 1.12 bits per heavy atom. The first-order valence-electron chi connectivity index (χ1n) is 34.2. The Labute approximate surface area is 387 Å². The minimum atomic E-state index is -5.72. The predicted molar refractivity (Wildman–Crippen MR) is 221 cm³/mol. The molecule has 0 aromatic rings. The van der Waals surface area contributed by atoms with E-state index in [4.69, 9.17) is 61.0 Å². The molecule has 0 aromatic heterocycles. The summed E-state index contributed by atoms with van der Waals surface area (Å²) in [4.78, 5) is 37.1. The van der Waals surface area contributed by atoms with Gasteiger partial charge in [-0.1, -0.05) is 154 Å². The molecular formula is C43H81O13P. The molecule has 1 aliphatic rings. The van der Waals surface area contributed by atoms with Gasteiger partial charge in [0.15, 0.2) is 6.10 Å². The Kier molecular flexibility index (Phi) is 13.3. The summed E-state index contributed by atoms with van der Waals surface area (Å²) in [6.45, 7) is -5.08. The van der Waals surface area contributed by atoms with Crippen LogP contribution in [0.1, 0.15) is 235 Å². The Morgan fingerprint density at radius 1 is 0.649 bits per heavy atom. The van der Waals surface area contributed by atoms with Crippen LogP contribution in [0.5, 0.6) is 0 Å². The average molecular weight is 868 g/mol. The zero-order chi connectivity index (χ0) is 69.8. The van der Waals surface area contributed by atoms with E-state index in [0.717, 1.165) is 44.9 Å². The number of ether oxygens (including phenoxy) is 2. The van der Waals surface area contributed by atoms with Gasteiger partial charge >= 0.3 is 19.8 Å². The van der Waals surface area contributed by atoms with Gasteiger partial charge in [0.05, 0.1) is 6.61 Å². The molecule has 0 heterocycles. The fourth-order valence-electron chi connectivity index (χ4n) is 5.01. The molecule has 1 aliphatic carbocycles. The minimum Gasteiger partial charge on any atom is -0.462 e. The molecule has 6 unspecified atom stereocenters. The Hall–Kier alpha value is -1.41. The molecule has 1 saturated carbocycles. The molecule has 8 atom stereocenters. The van der Waals surface area contributed by atoms with Crippen LogP contribution >= 0.6 is 7.82 Å². The van der Waals surface area contributed by atoms with Crippen molar-refractivity contribution >= 4 is 19.8 Å². The molecule has 0 aliphatic heterocycles. The molecular weight excluding hydrogens is 755 g/mol. The van der Waals surface area contributed by atoms with Crippen molar-refractivity contribution in [3.63, 3.8) is 0 Å². The second-order valence-electron chi connectivity index (χ2n) is 12.6. The van der Waals surface area contributed by atoms with Crippen LogP contribution in [0, 0.1) is 0 Å². The second kappa shape index (κ2) is 34.3. The summed E-state index contributed by atoms with van der Waals surface area (Å²) < 4.78 is 287. The van der Waals surface area contributed by atoms with Crippen molar-refractivity contribution in [1.82, 2.24) is 0 Å². The standard InChI is InChI=1S/C43H81O13P/c1-3-5-7-9-11-13-15-17-18-20-22-24-26-28-30-32-37(45)55-35(34-54-57(51,52)56-43-41(49)39(47)38(46)40(48)42(43)50)33-53-36(44)31-29-27-25-23-21-19-16-14-12-10-8-6-4-2/h17-18,35,38-43,46-50H,3-16,19-34H2,1-2H3,(H,51,52)/b18-17-/t35-,38?,39-,40?,41?,42?,43?/m1/s1/i2D3,4D2,6D2,8D2,10D2,12D2,14D2,16D2,19D2,21D2,23D2,25D2,27D2,29D2,31D2. The first-order valence-corrected chi connectivity index (χ1v) is 20.2. The number of hydrogen-bond acceptors (Lipinski definition) is 12. The third kappa shape index (κ3) is 27.1. The molecule has 1 fully saturated rings. The van der Waals surface area contributed by atoms with Gasteiger partial charge in [0.25, 0.3) is 0 Å². The largest absolute Gasteiger partial charge is 0.472 e. The van der Waals surface area contributed by atoms with E-state index in [2.05, 4.69) is 19.1 Å². The van der Waals surface area contributed by atoms with Gasteiger partial charge in [-0.15, -0.1) is 0 Å². The van der Waals surface area contributed by atoms with Crippen LogP contribution in [-0.4, -0.2) is 98.3 Å². The summed E-state index contributed by atoms with van der Waals surface area (Å²) in [6.07, 6.45) is -71.7. The van der Waals surface area contributed by atoms with Crippen LogP contribution in [0.3, 0.4) is 0 Å². The fourth-order valence-corrected chi connectivity index (χ4v) is 5.99. The first-order chi connectivity index (χ1) is 39.1. The second-order valence-corrected chi connectivity index (χ2v) is 14.0. The smallest absolute Gasteiger partial charge is 0.462 e. The number of esters is 2. The van der Waals surface area contributed by atoms with Crippen molar-refractivity contribution in [1.29, 1.82) is 0 Å². The van der Waals surface area contributed by atoms with E-state index in [9.17, 15) is 44.6 Å². The maximum absolute atomic E-state index is 13.5. The number of phosphoric acid groups is 1. The number of allylic oxidation sites excluding steroid dienone is 2. The molecule has 0 saturated heterocycles. The fraction of sp³-hybridized carbons (Fsp3) is 0.907. The van der Waals surface area contributed by atoms with Crippen molar-refractivity contribution < 1.29 is 106 Å². The lowest BCUT2D eigenvalue weighted by Gasteiger charge is -2.41. The van der Waals surface area contributed by atoms with E-state index < -0.39 is 178 Å². The number of phosphoric ester groups is 1. The van der Waals surface area contributed by atoms with Crippen molar-refractivity contribution in [3.8, 4) is 0 Å². The summed E-state index contributed by atoms with van der Waals surface area (Å²) in [5.41, 5.74) is 0. The van der Waals surface area contributed by atoms with Crippen LogP contribution in [0.2, 0.25) is 0 Å². The Bertz CT molecular complexity index is 2340. The summed E-state index contributed by atoms with van der Waals surface area (Å²) >= 11 is 0. The number of unbranched alkanes of at least 4 members (excludes halogenated alkanes) is 11. The third-order valence-electron chi connectivity index (χ3n) is 8.01. The van der Waals surface area contributed by atoms with Gasteiger partial charge in [-0.3, -0.25) is 18.6 Å². The maximum Gasteiger partial charge on any atom is 0.472 e. The van der Waals surface area contributed by atoms with Gasteiger partial charge in [-0.2, -0.15) is 0 Å². The van der Waals surface area contributed by atoms with Crippen LogP contribution in [0.4, 0.5) is 0 Å². The highest BCUT2D eigenvalue weighted by atomic mass is 31.2. The molecule has 0 aromatic carbocycles. The highest BCUT2D eigenvalue weighted by molar-refractivity contribution is 7.47. The SMILES string of the molecule is [2H]C([2H])([2H])C([2H])([2H])C([2H])([2H])C([2H])([2H])C([2H])([2H])C([2H])([2H])C([2H])([2H])C([2H])([2H])C([2H])([2H])C([2H])([2H])C([2H])([2H])C([2H])([2H])C([2H])([2H])C([2H])([2H])C([2H])([2H])C(=O)OC[C@H](COP(=O)(O)OC1C(O)C(O)C(O)[C@@H](O)C1O)OC(=O)CCCCCCC/C=C\CCCCCCCC. The maximum atomic E-state index is 13.5. The highest BCUT2D eigenvalue weighted by Crippen LogP contribution is 2.47. The molecule has 0 bridgehead atoms. The number of hydrogen-bond donors (Lipinski definition) is 6. The predicted octanol–water partition coefficient (Wildman–Crippen LogP) is 8.28. The van der Waals surface area contributed by atoms with Gasteiger partial charge in [-0.05, 0) is 38.5 Å². The van der Waals surface area contributed by atoms with Crippen LogP contribution < -0.4 is 0 Å². The van der Waals surface area contributed by atoms with Gasteiger partial charge in [0, 0.05) is 55.3 Å². The summed E-state index contributed by atoms with van der Waals surface area (Å²) in [5.74, 6) is -3.79. The molecule has 336 valence electrons. The lowest BCUT2D eigenvalue weighted by Crippen LogP contribution is -2.64. The molecule has 6 N–H and O–H groups in total. The number of carbonyl (C=O) groups is 2. The van der Waals surface area contributed by atoms with E-state index in [0.29, 0.717) is 12.8 Å². The van der Waals surface area contributed by atoms with Crippen molar-refractivity contribution in [2.45, 2.75) is 236 Å². The van der Waals surface area contributed by atoms with E-state index in [-0.39, 0.29) is 6.42 Å². The summed E-state index contributed by atoms with van der Waals surface area (Å²) in [6, 6.07) is 0. The van der Waals surface area contributed by atoms with E-state index in [1.165, 1.54) is 19.3 Å². The van der Waals surface area contributed by atoms with Crippen LogP contribution in [-0.2, 0) is 32.7 Å². The summed E-state index contributed by atoms with van der Waals surface area (Å²) in [7, 11) is -5.72. The van der Waals surface area contributed by atoms with E-state index >= 15 is 0 Å². The quantitative estimate of drug-likeness (QED) is 0.0151. The van der Waals surface area contributed by atoms with Crippen molar-refractivity contribution in [3.05, 3.63) is 12.2 Å². The molecule has 0 amide bonds.